The van der Waals surface area contributed by atoms with E-state index in [1.165, 1.54) is 0 Å². The Labute approximate surface area is 133 Å². The quantitative estimate of drug-likeness (QED) is 0.859. The lowest BCUT2D eigenvalue weighted by atomic mass is 9.99. The molecule has 0 aliphatic rings. The number of carboxylic acid groups (broad SMARTS) is 1. The molecule has 0 saturated carbocycles. The van der Waals surface area contributed by atoms with Gasteiger partial charge in [-0.05, 0) is 29.5 Å². The molecular weight excluding hydrogens is 304 g/mol. The molecule has 0 aliphatic carbocycles. The molecular formula is C16H19ClN2O3. The number of benzene rings is 1. The van der Waals surface area contributed by atoms with E-state index in [2.05, 4.69) is 5.32 Å². The summed E-state index contributed by atoms with van der Waals surface area (Å²) in [6, 6.07) is 6.47. The van der Waals surface area contributed by atoms with Gasteiger partial charge < -0.3 is 15.0 Å². The molecule has 5 nitrogen and oxygen atoms in total. The van der Waals surface area contributed by atoms with Gasteiger partial charge in [0.05, 0.1) is 0 Å². The van der Waals surface area contributed by atoms with E-state index in [-0.39, 0.29) is 18.4 Å². The van der Waals surface area contributed by atoms with Crippen LogP contribution in [-0.2, 0) is 16.1 Å². The monoisotopic (exact) mass is 322 g/mol. The average Bonchev–Trinajstić information content (AvgIpc) is 2.86. The van der Waals surface area contributed by atoms with Crippen molar-refractivity contribution in [2.45, 2.75) is 32.9 Å². The topological polar surface area (TPSA) is 71.3 Å². The van der Waals surface area contributed by atoms with Crippen molar-refractivity contribution in [3.63, 3.8) is 0 Å². The average molecular weight is 323 g/mol. The molecule has 1 amide bonds. The first kappa shape index (κ1) is 16.4. The lowest BCUT2D eigenvalue weighted by Gasteiger charge is -2.20. The molecule has 0 spiro atoms. The SMILES string of the molecule is CC[C@H](C)[C@@H](NC(=O)Cn1ccc2ccc(Cl)cc21)C(=O)O. The van der Waals surface area contributed by atoms with E-state index < -0.39 is 12.0 Å². The van der Waals surface area contributed by atoms with Crippen LogP contribution in [0.25, 0.3) is 10.9 Å². The summed E-state index contributed by atoms with van der Waals surface area (Å²) in [7, 11) is 0. The zero-order chi connectivity index (χ0) is 16.3. The van der Waals surface area contributed by atoms with Gasteiger partial charge in [0.1, 0.15) is 12.6 Å². The maximum atomic E-state index is 12.1. The van der Waals surface area contributed by atoms with Gasteiger partial charge in [0.15, 0.2) is 0 Å². The molecule has 2 aromatic rings. The van der Waals surface area contributed by atoms with Crippen LogP contribution in [0.3, 0.4) is 0 Å². The van der Waals surface area contributed by atoms with E-state index in [1.54, 1.807) is 22.9 Å². The number of carboxylic acids is 1. The fourth-order valence-corrected chi connectivity index (χ4v) is 2.52. The summed E-state index contributed by atoms with van der Waals surface area (Å²) in [6.45, 7) is 3.77. The second kappa shape index (κ2) is 6.83. The molecule has 0 aliphatic heterocycles. The predicted octanol–water partition coefficient (Wildman–Crippen LogP) is 2.91. The number of amides is 1. The van der Waals surface area contributed by atoms with Crippen LogP contribution in [0.2, 0.25) is 5.02 Å². The second-order valence-corrected chi connectivity index (χ2v) is 5.85. The predicted molar refractivity (Wildman–Crippen MR) is 86.0 cm³/mol. The fraction of sp³-hybridized carbons (Fsp3) is 0.375. The number of fused-ring (bicyclic) bond motifs is 1. The summed E-state index contributed by atoms with van der Waals surface area (Å²) in [5.74, 6) is -1.47. The zero-order valence-corrected chi connectivity index (χ0v) is 13.3. The lowest BCUT2D eigenvalue weighted by Crippen LogP contribution is -2.46. The van der Waals surface area contributed by atoms with Crippen LogP contribution in [0.1, 0.15) is 20.3 Å². The smallest absolute Gasteiger partial charge is 0.326 e. The van der Waals surface area contributed by atoms with Gasteiger partial charge in [-0.3, -0.25) is 4.79 Å². The molecule has 0 bridgehead atoms. The Bertz CT molecular complexity index is 696. The van der Waals surface area contributed by atoms with E-state index in [0.29, 0.717) is 11.4 Å². The summed E-state index contributed by atoms with van der Waals surface area (Å²) >= 11 is 5.98. The number of rotatable bonds is 6. The fourth-order valence-electron chi connectivity index (χ4n) is 2.35. The van der Waals surface area contributed by atoms with Crippen LogP contribution < -0.4 is 5.32 Å². The highest BCUT2D eigenvalue weighted by atomic mass is 35.5. The molecule has 2 N–H and O–H groups in total. The van der Waals surface area contributed by atoms with Gasteiger partial charge in [0, 0.05) is 16.7 Å². The summed E-state index contributed by atoms with van der Waals surface area (Å²) in [4.78, 5) is 23.4. The third-order valence-corrected chi connectivity index (χ3v) is 4.08. The van der Waals surface area contributed by atoms with Crippen molar-refractivity contribution in [2.75, 3.05) is 0 Å². The molecule has 1 aromatic heterocycles. The molecule has 0 saturated heterocycles. The van der Waals surface area contributed by atoms with Crippen LogP contribution in [0, 0.1) is 5.92 Å². The van der Waals surface area contributed by atoms with Crippen LogP contribution in [0.15, 0.2) is 30.5 Å². The van der Waals surface area contributed by atoms with Crippen molar-refractivity contribution in [3.05, 3.63) is 35.5 Å². The maximum absolute atomic E-state index is 12.1. The number of carbonyl (C=O) groups excluding carboxylic acids is 1. The van der Waals surface area contributed by atoms with Gasteiger partial charge in [-0.1, -0.05) is 37.9 Å². The molecule has 0 fully saturated rings. The second-order valence-electron chi connectivity index (χ2n) is 5.42. The lowest BCUT2D eigenvalue weighted by molar-refractivity contribution is -0.143. The van der Waals surface area contributed by atoms with Crippen LogP contribution in [0.4, 0.5) is 0 Å². The first-order valence-electron chi connectivity index (χ1n) is 7.19. The largest absolute Gasteiger partial charge is 0.480 e. The highest BCUT2D eigenvalue weighted by Gasteiger charge is 2.25. The number of hydrogen-bond donors (Lipinski definition) is 2. The van der Waals surface area contributed by atoms with Crippen molar-refractivity contribution in [1.82, 2.24) is 9.88 Å². The minimum atomic E-state index is -1.01. The summed E-state index contributed by atoms with van der Waals surface area (Å²) in [5, 5.41) is 13.4. The first-order valence-corrected chi connectivity index (χ1v) is 7.56. The molecule has 2 rings (SSSR count). The number of nitrogens with one attached hydrogen (secondary N) is 1. The Morgan fingerprint density at radius 1 is 1.36 bits per heavy atom. The van der Waals surface area contributed by atoms with Gasteiger partial charge >= 0.3 is 5.97 Å². The summed E-state index contributed by atoms with van der Waals surface area (Å²) in [5.41, 5.74) is 0.845. The van der Waals surface area contributed by atoms with Crippen molar-refractivity contribution in [1.29, 1.82) is 0 Å². The Balaban J connectivity index is 2.13. The summed E-state index contributed by atoms with van der Waals surface area (Å²) in [6.07, 6.45) is 2.47. The third kappa shape index (κ3) is 3.60. The van der Waals surface area contributed by atoms with E-state index in [1.807, 2.05) is 26.0 Å². The highest BCUT2D eigenvalue weighted by Crippen LogP contribution is 2.20. The van der Waals surface area contributed by atoms with Gasteiger partial charge in [-0.2, -0.15) is 0 Å². The van der Waals surface area contributed by atoms with E-state index in [4.69, 9.17) is 11.6 Å². The molecule has 118 valence electrons. The minimum absolute atomic E-state index is 0.0596. The Kier molecular flexibility index (Phi) is 5.08. The molecule has 1 aromatic carbocycles. The van der Waals surface area contributed by atoms with Crippen molar-refractivity contribution in [3.8, 4) is 0 Å². The van der Waals surface area contributed by atoms with Gasteiger partial charge in [-0.25, -0.2) is 4.79 Å². The van der Waals surface area contributed by atoms with Gasteiger partial charge in [-0.15, -0.1) is 0 Å². The van der Waals surface area contributed by atoms with Crippen LogP contribution in [-0.4, -0.2) is 27.6 Å². The Morgan fingerprint density at radius 3 is 2.73 bits per heavy atom. The molecule has 0 radical (unpaired) electrons. The number of halogens is 1. The number of nitrogens with zero attached hydrogens (tertiary/aromatic N) is 1. The maximum Gasteiger partial charge on any atom is 0.326 e. The molecule has 0 unspecified atom stereocenters. The minimum Gasteiger partial charge on any atom is -0.480 e. The highest BCUT2D eigenvalue weighted by molar-refractivity contribution is 6.31. The standard InChI is InChI=1S/C16H19ClN2O3/c1-3-10(2)15(16(21)22)18-14(20)9-19-7-6-11-4-5-12(17)8-13(11)19/h4-8,10,15H,3,9H2,1-2H3,(H,18,20)(H,21,22)/t10-,15+/m0/s1. The van der Waals surface area contributed by atoms with Crippen molar-refractivity contribution < 1.29 is 14.7 Å². The zero-order valence-electron chi connectivity index (χ0n) is 12.5. The molecule has 1 heterocycles. The third-order valence-electron chi connectivity index (χ3n) is 3.85. The Morgan fingerprint density at radius 2 is 2.09 bits per heavy atom. The van der Waals surface area contributed by atoms with Crippen molar-refractivity contribution in [2.24, 2.45) is 5.92 Å². The number of hydrogen-bond acceptors (Lipinski definition) is 2. The van der Waals surface area contributed by atoms with Crippen molar-refractivity contribution >= 4 is 34.4 Å². The molecule has 22 heavy (non-hydrogen) atoms. The Hall–Kier alpha value is -2.01. The molecule has 6 heteroatoms. The number of aliphatic carboxylic acids is 1. The number of aromatic nitrogens is 1. The van der Waals surface area contributed by atoms with E-state index in [9.17, 15) is 14.7 Å². The molecule has 2 atom stereocenters. The number of carbonyl (C=O) groups is 2. The van der Waals surface area contributed by atoms with Crippen LogP contribution in [0.5, 0.6) is 0 Å². The van der Waals surface area contributed by atoms with E-state index in [0.717, 1.165) is 10.9 Å². The van der Waals surface area contributed by atoms with E-state index >= 15 is 0 Å². The summed E-state index contributed by atoms with van der Waals surface area (Å²) < 4.78 is 1.76. The normalized spacial score (nSPS) is 13.8. The van der Waals surface area contributed by atoms with Gasteiger partial charge in [0.25, 0.3) is 0 Å². The first-order chi connectivity index (χ1) is 10.4. The van der Waals surface area contributed by atoms with Gasteiger partial charge in [0.2, 0.25) is 5.91 Å². The van der Waals surface area contributed by atoms with Crippen LogP contribution >= 0.6 is 11.6 Å².